The van der Waals surface area contributed by atoms with Crippen molar-refractivity contribution in [3.8, 4) is 5.75 Å². The van der Waals surface area contributed by atoms with Crippen LogP contribution in [-0.4, -0.2) is 9.55 Å². The van der Waals surface area contributed by atoms with Gasteiger partial charge in [0.05, 0.1) is 11.0 Å². The highest BCUT2D eigenvalue weighted by Crippen LogP contribution is 2.24. The molecule has 0 spiro atoms. The average molecular weight is 391 g/mol. The van der Waals surface area contributed by atoms with Gasteiger partial charge in [-0.15, -0.1) is 0 Å². The van der Waals surface area contributed by atoms with Gasteiger partial charge in [0.1, 0.15) is 18.2 Å². The second-order valence-electron chi connectivity index (χ2n) is 7.22. The van der Waals surface area contributed by atoms with Crippen molar-refractivity contribution in [2.45, 2.75) is 33.9 Å². The standard InChI is InChI=1S/C24H23ClN2O/c1-16-12-17(2)21(18(3)13-16)14-27-23-7-5-4-6-22(23)26-24(27)15-28-20-10-8-19(25)9-11-20/h4-13H,14-15H2,1-3H3. The molecule has 0 fully saturated rings. The van der Waals surface area contributed by atoms with Crippen molar-refractivity contribution in [3.05, 3.63) is 93.8 Å². The molecule has 0 saturated heterocycles. The Morgan fingerprint density at radius 3 is 2.32 bits per heavy atom. The van der Waals surface area contributed by atoms with E-state index in [9.17, 15) is 0 Å². The van der Waals surface area contributed by atoms with Crippen LogP contribution in [-0.2, 0) is 13.2 Å². The van der Waals surface area contributed by atoms with E-state index >= 15 is 0 Å². The van der Waals surface area contributed by atoms with Gasteiger partial charge in [0, 0.05) is 11.6 Å². The number of imidazole rings is 1. The van der Waals surface area contributed by atoms with E-state index in [0.29, 0.717) is 11.6 Å². The molecule has 0 N–H and O–H groups in total. The van der Waals surface area contributed by atoms with Gasteiger partial charge in [-0.1, -0.05) is 41.4 Å². The van der Waals surface area contributed by atoms with Crippen molar-refractivity contribution in [3.63, 3.8) is 0 Å². The summed E-state index contributed by atoms with van der Waals surface area (Å²) in [7, 11) is 0. The Balaban J connectivity index is 1.70. The monoisotopic (exact) mass is 390 g/mol. The Kier molecular flexibility index (Phi) is 5.10. The zero-order valence-electron chi connectivity index (χ0n) is 16.4. The summed E-state index contributed by atoms with van der Waals surface area (Å²) in [6.07, 6.45) is 0. The molecular weight excluding hydrogens is 368 g/mol. The van der Waals surface area contributed by atoms with Crippen LogP contribution in [0.1, 0.15) is 28.1 Å². The van der Waals surface area contributed by atoms with E-state index in [1.807, 2.05) is 36.4 Å². The van der Waals surface area contributed by atoms with Gasteiger partial charge in [-0.25, -0.2) is 4.98 Å². The van der Waals surface area contributed by atoms with Crippen LogP contribution in [0.4, 0.5) is 0 Å². The molecule has 4 rings (SSSR count). The minimum atomic E-state index is 0.403. The van der Waals surface area contributed by atoms with Crippen LogP contribution in [0.5, 0.6) is 5.75 Å². The molecule has 28 heavy (non-hydrogen) atoms. The van der Waals surface area contributed by atoms with E-state index in [1.54, 1.807) is 0 Å². The molecule has 142 valence electrons. The molecule has 0 aliphatic carbocycles. The highest BCUT2D eigenvalue weighted by Gasteiger charge is 2.14. The minimum Gasteiger partial charge on any atom is -0.486 e. The summed E-state index contributed by atoms with van der Waals surface area (Å²) in [4.78, 5) is 4.83. The van der Waals surface area contributed by atoms with Gasteiger partial charge in [-0.3, -0.25) is 0 Å². The molecule has 0 amide bonds. The summed E-state index contributed by atoms with van der Waals surface area (Å²) >= 11 is 5.97. The first-order chi connectivity index (χ1) is 13.5. The Morgan fingerprint density at radius 2 is 1.61 bits per heavy atom. The number of hydrogen-bond acceptors (Lipinski definition) is 2. The maximum absolute atomic E-state index is 5.99. The number of halogens is 1. The molecule has 1 heterocycles. The first kappa shape index (κ1) is 18.6. The number of para-hydroxylation sites is 2. The molecule has 0 unspecified atom stereocenters. The molecule has 0 saturated carbocycles. The Labute approximate surface area is 170 Å². The van der Waals surface area contributed by atoms with Crippen molar-refractivity contribution in [1.82, 2.24) is 9.55 Å². The lowest BCUT2D eigenvalue weighted by Gasteiger charge is -2.15. The number of fused-ring (bicyclic) bond motifs is 1. The van der Waals surface area contributed by atoms with Crippen LogP contribution >= 0.6 is 11.6 Å². The minimum absolute atomic E-state index is 0.403. The van der Waals surface area contributed by atoms with Crippen molar-refractivity contribution >= 4 is 22.6 Å². The topological polar surface area (TPSA) is 27.1 Å². The molecule has 4 aromatic rings. The quantitative estimate of drug-likeness (QED) is 0.403. The summed E-state index contributed by atoms with van der Waals surface area (Å²) in [6.45, 7) is 7.68. The smallest absolute Gasteiger partial charge is 0.148 e. The zero-order chi connectivity index (χ0) is 19.7. The normalized spacial score (nSPS) is 11.1. The molecule has 1 aromatic heterocycles. The maximum atomic E-state index is 5.99. The van der Waals surface area contributed by atoms with E-state index in [1.165, 1.54) is 22.3 Å². The number of aryl methyl sites for hydroxylation is 3. The van der Waals surface area contributed by atoms with E-state index in [2.05, 4.69) is 49.6 Å². The lowest BCUT2D eigenvalue weighted by Crippen LogP contribution is -2.10. The molecular formula is C24H23ClN2O. The average Bonchev–Trinajstić information content (AvgIpc) is 3.01. The van der Waals surface area contributed by atoms with Crippen molar-refractivity contribution in [1.29, 1.82) is 0 Å². The van der Waals surface area contributed by atoms with Crippen molar-refractivity contribution in [2.75, 3.05) is 0 Å². The van der Waals surface area contributed by atoms with Crippen LogP contribution in [0.3, 0.4) is 0 Å². The molecule has 0 radical (unpaired) electrons. The SMILES string of the molecule is Cc1cc(C)c(Cn2c(COc3ccc(Cl)cc3)nc3ccccc32)c(C)c1. The first-order valence-corrected chi connectivity index (χ1v) is 9.78. The number of ether oxygens (including phenoxy) is 1. The van der Waals surface area contributed by atoms with E-state index in [4.69, 9.17) is 21.3 Å². The third kappa shape index (κ3) is 3.76. The molecule has 4 heteroatoms. The number of hydrogen-bond donors (Lipinski definition) is 0. The van der Waals surface area contributed by atoms with Crippen LogP contribution in [0, 0.1) is 20.8 Å². The summed E-state index contributed by atoms with van der Waals surface area (Å²) in [5.74, 6) is 1.70. The maximum Gasteiger partial charge on any atom is 0.148 e. The largest absolute Gasteiger partial charge is 0.486 e. The number of rotatable bonds is 5. The van der Waals surface area contributed by atoms with Gasteiger partial charge in [0.25, 0.3) is 0 Å². The molecule has 0 aliphatic heterocycles. The zero-order valence-corrected chi connectivity index (χ0v) is 17.1. The fourth-order valence-electron chi connectivity index (χ4n) is 3.71. The van der Waals surface area contributed by atoms with Gasteiger partial charge in [0.15, 0.2) is 0 Å². The lowest BCUT2D eigenvalue weighted by atomic mass is 10.00. The highest BCUT2D eigenvalue weighted by molar-refractivity contribution is 6.30. The van der Waals surface area contributed by atoms with Crippen LogP contribution in [0.2, 0.25) is 5.02 Å². The Hall–Kier alpha value is -2.78. The molecule has 3 aromatic carbocycles. The number of benzene rings is 3. The second-order valence-corrected chi connectivity index (χ2v) is 7.66. The molecule has 0 aliphatic rings. The number of nitrogens with zero attached hydrogens (tertiary/aromatic N) is 2. The van der Waals surface area contributed by atoms with E-state index in [-0.39, 0.29) is 0 Å². The highest BCUT2D eigenvalue weighted by atomic mass is 35.5. The van der Waals surface area contributed by atoms with E-state index < -0.39 is 0 Å². The van der Waals surface area contributed by atoms with Crippen molar-refractivity contribution < 1.29 is 4.74 Å². The Bertz CT molecular complexity index is 1110. The molecule has 0 atom stereocenters. The van der Waals surface area contributed by atoms with Gasteiger partial charge >= 0.3 is 0 Å². The Morgan fingerprint density at radius 1 is 0.929 bits per heavy atom. The predicted octanol–water partition coefficient (Wildman–Crippen LogP) is 6.24. The third-order valence-electron chi connectivity index (χ3n) is 5.07. The second kappa shape index (κ2) is 7.69. The van der Waals surface area contributed by atoms with Gasteiger partial charge in [0.2, 0.25) is 0 Å². The molecule has 3 nitrogen and oxygen atoms in total. The predicted molar refractivity (Wildman–Crippen MR) is 115 cm³/mol. The summed E-state index contributed by atoms with van der Waals surface area (Å²) in [5.41, 5.74) is 7.35. The third-order valence-corrected chi connectivity index (χ3v) is 5.32. The van der Waals surface area contributed by atoms with Crippen LogP contribution in [0.25, 0.3) is 11.0 Å². The fourth-order valence-corrected chi connectivity index (χ4v) is 3.83. The van der Waals surface area contributed by atoms with Gasteiger partial charge in [-0.05, 0) is 73.9 Å². The number of aromatic nitrogens is 2. The summed E-state index contributed by atoms with van der Waals surface area (Å²) < 4.78 is 8.25. The summed E-state index contributed by atoms with van der Waals surface area (Å²) in [5, 5.41) is 0.699. The van der Waals surface area contributed by atoms with Crippen molar-refractivity contribution in [2.24, 2.45) is 0 Å². The van der Waals surface area contributed by atoms with E-state index in [0.717, 1.165) is 29.2 Å². The fraction of sp³-hybridized carbons (Fsp3) is 0.208. The van der Waals surface area contributed by atoms with Crippen LogP contribution in [0.15, 0.2) is 60.7 Å². The lowest BCUT2D eigenvalue weighted by molar-refractivity contribution is 0.291. The summed E-state index contributed by atoms with van der Waals surface area (Å²) in [6, 6.07) is 20.1. The van der Waals surface area contributed by atoms with Gasteiger partial charge in [-0.2, -0.15) is 0 Å². The van der Waals surface area contributed by atoms with Crippen LogP contribution < -0.4 is 4.74 Å². The molecule has 0 bridgehead atoms. The van der Waals surface area contributed by atoms with Gasteiger partial charge < -0.3 is 9.30 Å². The first-order valence-electron chi connectivity index (χ1n) is 9.40.